The van der Waals surface area contributed by atoms with Crippen molar-refractivity contribution in [2.75, 3.05) is 0 Å². The van der Waals surface area contributed by atoms with Gasteiger partial charge in [0.25, 0.3) is 0 Å². The van der Waals surface area contributed by atoms with E-state index >= 15 is 0 Å². The lowest BCUT2D eigenvalue weighted by Gasteiger charge is -2.47. The van der Waals surface area contributed by atoms with E-state index < -0.39 is 5.60 Å². The van der Waals surface area contributed by atoms with Gasteiger partial charge in [0.05, 0.1) is 12.1 Å². The number of fused-ring (bicyclic) bond motifs is 2. The fourth-order valence-electron chi connectivity index (χ4n) is 3.72. The summed E-state index contributed by atoms with van der Waals surface area (Å²) in [6, 6.07) is 0.793. The minimum absolute atomic E-state index is 0.178. The predicted molar refractivity (Wildman–Crippen MR) is 78.4 cm³/mol. The van der Waals surface area contributed by atoms with Crippen molar-refractivity contribution in [2.45, 2.75) is 77.6 Å². The summed E-state index contributed by atoms with van der Waals surface area (Å²) in [4.78, 5) is 12.0. The van der Waals surface area contributed by atoms with Gasteiger partial charge in [-0.3, -0.25) is 0 Å². The Hall–Kier alpha value is -0.810. The van der Waals surface area contributed by atoms with Gasteiger partial charge in [-0.1, -0.05) is 12.0 Å². The number of amides is 1. The molecule has 2 fully saturated rings. The van der Waals surface area contributed by atoms with Gasteiger partial charge in [0, 0.05) is 6.04 Å². The van der Waals surface area contributed by atoms with Gasteiger partial charge in [-0.2, -0.15) is 0 Å². The molecule has 2 aliphatic rings. The second-order valence-electron chi connectivity index (χ2n) is 7.53. The van der Waals surface area contributed by atoms with Crippen molar-refractivity contribution in [1.29, 1.82) is 0 Å². The highest BCUT2D eigenvalue weighted by atomic mass is 16.6. The van der Waals surface area contributed by atoms with E-state index in [1.165, 1.54) is 0 Å². The molecule has 1 saturated heterocycles. The van der Waals surface area contributed by atoms with Crippen molar-refractivity contribution >= 4 is 6.09 Å². The van der Waals surface area contributed by atoms with Crippen LogP contribution in [-0.4, -0.2) is 40.1 Å². The number of carbonyl (C=O) groups is 1. The average molecular weight is 285 g/mol. The molecule has 0 aromatic heterocycles. The Morgan fingerprint density at radius 3 is 2.50 bits per heavy atom. The van der Waals surface area contributed by atoms with Crippen LogP contribution in [0.5, 0.6) is 0 Å². The number of hydrogen-bond donors (Lipinski definition) is 1. The van der Waals surface area contributed by atoms with Crippen LogP contribution in [0.4, 0.5) is 4.79 Å². The van der Waals surface area contributed by atoms with Gasteiger partial charge < -0.3 is 15.3 Å². The van der Waals surface area contributed by atoms with E-state index in [0.717, 1.165) is 19.3 Å². The maximum Gasteiger partial charge on any atom is 0.407 e. The van der Waals surface area contributed by atoms with E-state index in [9.17, 15) is 4.79 Å². The van der Waals surface area contributed by atoms with Crippen molar-refractivity contribution in [3.63, 3.8) is 0 Å². The highest BCUT2D eigenvalue weighted by Crippen LogP contribution is 2.39. The quantitative estimate of drug-likeness (QED) is 0.750. The summed E-state index contributed by atoms with van der Waals surface area (Å²) in [5.41, 5.74) is -0.456. The summed E-state index contributed by atoms with van der Waals surface area (Å²) < 4.78 is 5.38. The Bertz CT molecular complexity index is 363. The smallest absolute Gasteiger partial charge is 0.407 e. The summed E-state index contributed by atoms with van der Waals surface area (Å²) in [7, 11) is 0. The maximum absolute atomic E-state index is 12.0. The van der Waals surface area contributed by atoms with Crippen molar-refractivity contribution in [3.8, 4) is 0 Å². The summed E-state index contributed by atoms with van der Waals surface area (Å²) in [6.07, 6.45) is 2.66. The van der Waals surface area contributed by atoms with Crippen LogP contribution in [0.3, 0.4) is 0 Å². The van der Waals surface area contributed by atoms with Crippen molar-refractivity contribution < 1.29 is 14.7 Å². The zero-order valence-electron chi connectivity index (χ0n) is 13.3. The first kappa shape index (κ1) is 15.6. The number of nitrogens with one attached hydrogen (secondary N) is 1. The number of piperidine rings is 1. The molecule has 0 aromatic carbocycles. The molecular formula is C15H29N2O3+. The molecule has 3 N–H and O–H groups in total. The third kappa shape index (κ3) is 3.44. The molecule has 20 heavy (non-hydrogen) atoms. The molecule has 2 rings (SSSR count). The number of rotatable bonds is 1. The summed E-state index contributed by atoms with van der Waals surface area (Å²) in [5.74, 6) is 0.861. The predicted octanol–water partition coefficient (Wildman–Crippen LogP) is 2.03. The summed E-state index contributed by atoms with van der Waals surface area (Å²) >= 11 is 0. The van der Waals surface area contributed by atoms with Crippen molar-refractivity contribution in [2.24, 2.45) is 11.8 Å². The molecule has 0 spiro atoms. The van der Waals surface area contributed by atoms with Crippen LogP contribution >= 0.6 is 0 Å². The van der Waals surface area contributed by atoms with Gasteiger partial charge in [-0.25, -0.2) is 4.79 Å². The second kappa shape index (κ2) is 5.53. The van der Waals surface area contributed by atoms with E-state index in [1.807, 2.05) is 20.8 Å². The molecule has 0 radical (unpaired) electrons. The molecule has 2 bridgehead atoms. The molecule has 5 atom stereocenters. The van der Waals surface area contributed by atoms with Crippen molar-refractivity contribution in [3.05, 3.63) is 0 Å². The lowest BCUT2D eigenvalue weighted by molar-refractivity contribution is -0.199. The zero-order chi connectivity index (χ0) is 15.1. The highest BCUT2D eigenvalue weighted by Gasteiger charge is 2.46. The molecule has 0 aromatic rings. The van der Waals surface area contributed by atoms with Crippen LogP contribution in [-0.2, 0) is 4.74 Å². The largest absolute Gasteiger partial charge is 0.444 e. The average Bonchev–Trinajstić information content (AvgIpc) is 2.28. The Labute approximate surface area is 121 Å². The van der Waals surface area contributed by atoms with Gasteiger partial charge in [-0.15, -0.1) is 0 Å². The van der Waals surface area contributed by atoms with Gasteiger partial charge >= 0.3 is 6.09 Å². The summed E-state index contributed by atoms with van der Waals surface area (Å²) in [5, 5.41) is 12.9. The van der Waals surface area contributed by atoms with Gasteiger partial charge in [0.2, 0.25) is 0 Å². The second-order valence-corrected chi connectivity index (χ2v) is 7.53. The van der Waals surface area contributed by atoms with Gasteiger partial charge in [0.15, 0.2) is 0 Å². The highest BCUT2D eigenvalue weighted by molar-refractivity contribution is 5.68. The first-order chi connectivity index (χ1) is 9.17. The van der Waals surface area contributed by atoms with Crippen LogP contribution in [0.2, 0.25) is 0 Å². The van der Waals surface area contributed by atoms with Gasteiger partial charge in [0.1, 0.15) is 5.60 Å². The summed E-state index contributed by atoms with van der Waals surface area (Å²) in [6.45, 7) is 9.92. The molecule has 3 unspecified atom stereocenters. The Morgan fingerprint density at radius 2 is 1.90 bits per heavy atom. The Balaban J connectivity index is 2.00. The van der Waals surface area contributed by atoms with E-state index in [4.69, 9.17) is 9.94 Å². The minimum atomic E-state index is -0.456. The van der Waals surface area contributed by atoms with Gasteiger partial charge in [-0.05, 0) is 58.8 Å². The molecule has 116 valence electrons. The minimum Gasteiger partial charge on any atom is -0.444 e. The SMILES string of the molecule is CC1C[C@@H]2CC(C[C@H](C)C2NC(=O)OC(C)(C)C)N1[OH2+]. The molecule has 1 heterocycles. The van der Waals surface area contributed by atoms with Crippen molar-refractivity contribution in [1.82, 2.24) is 10.4 Å². The topological polar surface area (TPSA) is 64.5 Å². The molecular weight excluding hydrogens is 256 g/mol. The fourth-order valence-corrected chi connectivity index (χ4v) is 3.72. The van der Waals surface area contributed by atoms with Crippen LogP contribution in [0, 0.1) is 11.8 Å². The van der Waals surface area contributed by atoms with Crippen LogP contribution in [0.1, 0.15) is 53.9 Å². The number of carbonyl (C=O) groups excluding carboxylic acids is 1. The Kier molecular flexibility index (Phi) is 4.30. The lowest BCUT2D eigenvalue weighted by atomic mass is 9.70. The molecule has 1 aliphatic carbocycles. The number of nitrogens with zero attached hydrogens (tertiary/aromatic N) is 1. The van der Waals surface area contributed by atoms with E-state index in [-0.39, 0.29) is 18.2 Å². The third-order valence-corrected chi connectivity index (χ3v) is 4.54. The van der Waals surface area contributed by atoms with E-state index in [0.29, 0.717) is 17.9 Å². The van der Waals surface area contributed by atoms with E-state index in [1.54, 1.807) is 5.06 Å². The van der Waals surface area contributed by atoms with E-state index in [2.05, 4.69) is 19.2 Å². The number of hydrogen-bond acceptors (Lipinski definition) is 3. The van der Waals surface area contributed by atoms with Crippen LogP contribution < -0.4 is 5.32 Å². The lowest BCUT2D eigenvalue weighted by Crippen LogP contribution is -2.58. The molecule has 1 amide bonds. The fraction of sp³-hybridized carbons (Fsp3) is 0.933. The monoisotopic (exact) mass is 285 g/mol. The zero-order valence-corrected chi connectivity index (χ0v) is 13.3. The first-order valence-electron chi connectivity index (χ1n) is 7.66. The molecule has 1 saturated carbocycles. The van der Waals surface area contributed by atoms with Crippen LogP contribution in [0.15, 0.2) is 0 Å². The number of ether oxygens (including phenoxy) is 1. The number of hydroxylamine groups is 2. The first-order valence-corrected chi connectivity index (χ1v) is 7.66. The van der Waals surface area contributed by atoms with Crippen LogP contribution in [0.25, 0.3) is 0 Å². The molecule has 5 nitrogen and oxygen atoms in total. The normalized spacial score (nSPS) is 38.4. The standard InChI is InChI=1S/C15H28N2O3/c1-9-6-12-8-11(7-10(2)17(12)19)13(9)16-14(18)20-15(3,4)5/h9-13,19H,6-8H2,1-5H3,(H,16,18)/p+1/t9-,10?,11+,12?,13?/m0/s1. The molecule has 5 heteroatoms. The molecule has 1 aliphatic heterocycles. The third-order valence-electron chi connectivity index (χ3n) is 4.54. The Morgan fingerprint density at radius 1 is 1.25 bits per heavy atom. The maximum atomic E-state index is 12.0. The number of alkyl carbamates (subject to hydrolysis) is 1.